The first-order valence-corrected chi connectivity index (χ1v) is 6.48. The second kappa shape index (κ2) is 5.52. The maximum absolute atomic E-state index is 5.04. The molecule has 6 nitrogen and oxygen atoms in total. The zero-order valence-corrected chi connectivity index (χ0v) is 11.1. The second-order valence-electron chi connectivity index (χ2n) is 3.93. The topological polar surface area (TPSA) is 64.3 Å². The van der Waals surface area contributed by atoms with Crippen LogP contribution in [0.2, 0.25) is 0 Å². The molecule has 0 fully saturated rings. The van der Waals surface area contributed by atoms with Gasteiger partial charge in [-0.15, -0.1) is 10.2 Å². The van der Waals surface area contributed by atoms with Gasteiger partial charge in [0.05, 0.1) is 0 Å². The number of aromatic nitrogens is 4. The highest BCUT2D eigenvalue weighted by molar-refractivity contribution is 7.16. The summed E-state index contributed by atoms with van der Waals surface area (Å²) in [4.78, 5) is 0.818. The lowest BCUT2D eigenvalue weighted by atomic mass is 10.3. The van der Waals surface area contributed by atoms with E-state index in [9.17, 15) is 0 Å². The van der Waals surface area contributed by atoms with Crippen molar-refractivity contribution < 1.29 is 4.74 Å². The van der Waals surface area contributed by atoms with Crippen LogP contribution in [-0.2, 0) is 17.9 Å². The highest BCUT2D eigenvalue weighted by Crippen LogP contribution is 2.14. The summed E-state index contributed by atoms with van der Waals surface area (Å²) in [6.45, 7) is 5.53. The highest BCUT2D eigenvalue weighted by Gasteiger charge is 2.11. The summed E-state index contributed by atoms with van der Waals surface area (Å²) >= 11 is 1.56. The first kappa shape index (κ1) is 12.4. The van der Waals surface area contributed by atoms with Crippen LogP contribution >= 0.6 is 11.3 Å². The maximum atomic E-state index is 5.04. The van der Waals surface area contributed by atoms with Crippen molar-refractivity contribution in [2.24, 2.45) is 0 Å². The predicted molar refractivity (Wildman–Crippen MR) is 66.0 cm³/mol. The van der Waals surface area contributed by atoms with Gasteiger partial charge in [0.2, 0.25) is 4.96 Å². The van der Waals surface area contributed by atoms with E-state index in [1.807, 2.05) is 0 Å². The van der Waals surface area contributed by atoms with Crippen LogP contribution in [0.3, 0.4) is 0 Å². The van der Waals surface area contributed by atoms with E-state index in [4.69, 9.17) is 4.74 Å². The Hall–Kier alpha value is -1.05. The van der Waals surface area contributed by atoms with Crippen molar-refractivity contribution in [3.05, 3.63) is 10.8 Å². The van der Waals surface area contributed by atoms with Crippen molar-refractivity contribution in [3.63, 3.8) is 0 Å². The first-order valence-electron chi connectivity index (χ1n) is 5.67. The molecule has 1 unspecified atom stereocenters. The van der Waals surface area contributed by atoms with Crippen LogP contribution in [0.25, 0.3) is 4.96 Å². The van der Waals surface area contributed by atoms with E-state index < -0.39 is 0 Å². The van der Waals surface area contributed by atoms with Crippen LogP contribution in [0, 0.1) is 0 Å². The lowest BCUT2D eigenvalue weighted by molar-refractivity contribution is 0.176. The van der Waals surface area contributed by atoms with Crippen molar-refractivity contribution in [3.8, 4) is 0 Å². The minimum atomic E-state index is 0.434. The molecular formula is C10H17N5OS. The molecule has 7 heteroatoms. The van der Waals surface area contributed by atoms with Gasteiger partial charge in [-0.05, 0) is 13.3 Å². The van der Waals surface area contributed by atoms with E-state index in [2.05, 4.69) is 34.5 Å². The molecule has 0 aliphatic rings. The van der Waals surface area contributed by atoms with E-state index in [1.165, 1.54) is 0 Å². The van der Waals surface area contributed by atoms with Crippen LogP contribution in [0.15, 0.2) is 0 Å². The molecule has 0 spiro atoms. The Kier molecular flexibility index (Phi) is 4.03. The fourth-order valence-corrected chi connectivity index (χ4v) is 2.20. The molecule has 17 heavy (non-hydrogen) atoms. The summed E-state index contributed by atoms with van der Waals surface area (Å²) in [5.74, 6) is 0.744. The fourth-order valence-electron chi connectivity index (χ4n) is 1.39. The van der Waals surface area contributed by atoms with Crippen LogP contribution < -0.4 is 5.32 Å². The molecule has 0 aromatic carbocycles. The Morgan fingerprint density at radius 3 is 3.00 bits per heavy atom. The number of ether oxygens (including phenoxy) is 1. The van der Waals surface area contributed by atoms with Crippen LogP contribution in [0.1, 0.15) is 31.1 Å². The van der Waals surface area contributed by atoms with Crippen LogP contribution in [0.4, 0.5) is 0 Å². The highest BCUT2D eigenvalue weighted by atomic mass is 32.1. The number of nitrogens with zero attached hydrogens (tertiary/aromatic N) is 4. The maximum Gasteiger partial charge on any atom is 0.234 e. The van der Waals surface area contributed by atoms with Gasteiger partial charge in [-0.3, -0.25) is 0 Å². The van der Waals surface area contributed by atoms with E-state index >= 15 is 0 Å². The van der Waals surface area contributed by atoms with Gasteiger partial charge in [-0.2, -0.15) is 9.61 Å². The lowest BCUT2D eigenvalue weighted by Crippen LogP contribution is -2.24. The molecule has 0 amide bonds. The lowest BCUT2D eigenvalue weighted by Gasteiger charge is -2.08. The number of hydrogen-bond acceptors (Lipinski definition) is 6. The van der Waals surface area contributed by atoms with Gasteiger partial charge in [-0.1, -0.05) is 18.3 Å². The zero-order valence-electron chi connectivity index (χ0n) is 10.3. The molecule has 0 aliphatic carbocycles. The van der Waals surface area contributed by atoms with Crippen molar-refractivity contribution in [2.75, 3.05) is 7.11 Å². The third kappa shape index (κ3) is 2.80. The number of hydrogen-bond donors (Lipinski definition) is 1. The van der Waals surface area contributed by atoms with Crippen LogP contribution in [-0.4, -0.2) is 33.0 Å². The molecule has 1 N–H and O–H groups in total. The number of methoxy groups -OCH3 is 1. The number of fused-ring (bicyclic) bond motifs is 1. The molecule has 1 atom stereocenters. The molecule has 0 saturated carbocycles. The van der Waals surface area contributed by atoms with E-state index in [1.54, 1.807) is 23.0 Å². The third-order valence-corrected chi connectivity index (χ3v) is 3.48. The number of nitrogens with one attached hydrogen (secondary N) is 1. The average Bonchev–Trinajstić information content (AvgIpc) is 2.88. The minimum Gasteiger partial charge on any atom is -0.377 e. The van der Waals surface area contributed by atoms with Gasteiger partial charge in [0, 0.05) is 19.7 Å². The summed E-state index contributed by atoms with van der Waals surface area (Å²) in [5.41, 5.74) is 0. The Bertz CT molecular complexity index is 480. The summed E-state index contributed by atoms with van der Waals surface area (Å²) in [6.07, 6.45) is 1.11. The molecule has 2 aromatic rings. The van der Waals surface area contributed by atoms with Gasteiger partial charge < -0.3 is 10.1 Å². The Labute approximate surface area is 104 Å². The molecule has 2 aromatic heterocycles. The molecule has 2 rings (SSSR count). The van der Waals surface area contributed by atoms with Crippen molar-refractivity contribution >= 4 is 16.3 Å². The smallest absolute Gasteiger partial charge is 0.234 e. The van der Waals surface area contributed by atoms with Crippen molar-refractivity contribution in [2.45, 2.75) is 39.5 Å². The van der Waals surface area contributed by atoms with Crippen LogP contribution in [0.5, 0.6) is 0 Å². The van der Waals surface area contributed by atoms with Crippen molar-refractivity contribution in [1.82, 2.24) is 25.1 Å². The zero-order chi connectivity index (χ0) is 12.3. The van der Waals surface area contributed by atoms with Gasteiger partial charge in [0.1, 0.15) is 11.6 Å². The standard InChI is InChI=1S/C10H17N5OS/c1-4-7(2)11-5-9-14-15-8(6-16-3)12-13-10(15)17-9/h7,11H,4-6H2,1-3H3. The quantitative estimate of drug-likeness (QED) is 0.841. The molecule has 0 bridgehead atoms. The summed E-state index contributed by atoms with van der Waals surface area (Å²) < 4.78 is 6.80. The van der Waals surface area contributed by atoms with Gasteiger partial charge >= 0.3 is 0 Å². The van der Waals surface area contributed by atoms with Gasteiger partial charge in [0.25, 0.3) is 0 Å². The van der Waals surface area contributed by atoms with E-state index in [-0.39, 0.29) is 0 Å². The van der Waals surface area contributed by atoms with E-state index in [0.717, 1.165) is 28.8 Å². The summed E-state index contributed by atoms with van der Waals surface area (Å²) in [7, 11) is 1.64. The summed E-state index contributed by atoms with van der Waals surface area (Å²) in [5, 5.41) is 17.0. The molecular weight excluding hydrogens is 238 g/mol. The second-order valence-corrected chi connectivity index (χ2v) is 4.97. The average molecular weight is 255 g/mol. The number of rotatable bonds is 6. The van der Waals surface area contributed by atoms with Gasteiger partial charge in [-0.25, -0.2) is 0 Å². The predicted octanol–water partition coefficient (Wildman–Crippen LogP) is 1.22. The molecule has 2 heterocycles. The van der Waals surface area contributed by atoms with Gasteiger partial charge in [0.15, 0.2) is 5.82 Å². The fraction of sp³-hybridized carbons (Fsp3) is 0.700. The Morgan fingerprint density at radius 1 is 1.47 bits per heavy atom. The van der Waals surface area contributed by atoms with E-state index in [0.29, 0.717) is 12.6 Å². The SMILES string of the molecule is CCC(C)NCc1nn2c(COC)nnc2s1. The van der Waals surface area contributed by atoms with Crippen molar-refractivity contribution in [1.29, 1.82) is 0 Å². The molecule has 0 aliphatic heterocycles. The molecule has 0 radical (unpaired) electrons. The Morgan fingerprint density at radius 2 is 2.29 bits per heavy atom. The normalized spacial score (nSPS) is 13.4. The monoisotopic (exact) mass is 255 g/mol. The molecule has 94 valence electrons. The molecule has 0 saturated heterocycles. The largest absolute Gasteiger partial charge is 0.377 e. The Balaban J connectivity index is 2.09. The third-order valence-electron chi connectivity index (χ3n) is 2.58. The first-order chi connectivity index (χ1) is 8.24. The summed E-state index contributed by atoms with van der Waals surface area (Å²) in [6, 6.07) is 0.503. The minimum absolute atomic E-state index is 0.434.